The quantitative estimate of drug-likeness (QED) is 0.363. The third-order valence-electron chi connectivity index (χ3n) is 0.224. The molecule has 0 rings (SSSR count). The van der Waals surface area contributed by atoms with Crippen LogP contribution in [0.5, 0.6) is 0 Å². The van der Waals surface area contributed by atoms with Crippen molar-refractivity contribution in [3.05, 3.63) is 0 Å². The van der Waals surface area contributed by atoms with Gasteiger partial charge < -0.3 is 0 Å². The van der Waals surface area contributed by atoms with Gasteiger partial charge in [-0.2, -0.15) is 12.6 Å². The molecule has 0 aliphatic heterocycles. The van der Waals surface area contributed by atoms with Gasteiger partial charge in [0.05, 0.1) is 0 Å². The van der Waals surface area contributed by atoms with Gasteiger partial charge in [-0.3, -0.25) is 0 Å². The Labute approximate surface area is 61.0 Å². The van der Waals surface area contributed by atoms with Crippen LogP contribution < -0.4 is 0 Å². The van der Waals surface area contributed by atoms with Crippen LogP contribution in [-0.2, 0) is 0 Å². The first kappa shape index (κ1) is 9.61. The molecule has 0 unspecified atom stereocenters. The van der Waals surface area contributed by atoms with Gasteiger partial charge >= 0.3 is 29.6 Å². The zero-order chi connectivity index (χ0) is 3.41. The second-order valence-electron chi connectivity index (χ2n) is 0.724. The Hall–Kier alpha value is 1.35. The number of rotatable bonds is 1. The van der Waals surface area contributed by atoms with E-state index in [2.05, 4.69) is 19.6 Å². The second kappa shape index (κ2) is 9.02. The molecule has 0 saturated carbocycles. The SMILES string of the molecule is CCCS.[NaH]. The molecular weight excluding hydrogens is 91.1 g/mol. The van der Waals surface area contributed by atoms with Crippen LogP contribution in [0.15, 0.2) is 0 Å². The average molecular weight is 100 g/mol. The van der Waals surface area contributed by atoms with Gasteiger partial charge in [-0.05, 0) is 12.2 Å². The van der Waals surface area contributed by atoms with Crippen molar-refractivity contribution in [3.63, 3.8) is 0 Å². The van der Waals surface area contributed by atoms with E-state index in [4.69, 9.17) is 0 Å². The van der Waals surface area contributed by atoms with Gasteiger partial charge in [0, 0.05) is 0 Å². The summed E-state index contributed by atoms with van der Waals surface area (Å²) in [6.45, 7) is 2.10. The Kier molecular flexibility index (Phi) is 17.3. The molecule has 0 aromatic heterocycles. The van der Waals surface area contributed by atoms with E-state index in [-0.39, 0.29) is 29.6 Å². The normalized spacial score (nSPS) is 6.00. The molecule has 0 aromatic carbocycles. The molecule has 0 aliphatic carbocycles. The molecule has 5 heavy (non-hydrogen) atoms. The maximum atomic E-state index is 3.92. The molecule has 0 saturated heterocycles. The Balaban J connectivity index is 0. The summed E-state index contributed by atoms with van der Waals surface area (Å²) < 4.78 is 0. The molecule has 0 bridgehead atoms. The summed E-state index contributed by atoms with van der Waals surface area (Å²) in [5.41, 5.74) is 0. The number of thiol groups is 1. The van der Waals surface area contributed by atoms with Crippen LogP contribution in [0.3, 0.4) is 0 Å². The van der Waals surface area contributed by atoms with Crippen LogP contribution in [0.1, 0.15) is 13.3 Å². The fourth-order valence-corrected chi connectivity index (χ4v) is 0. The Morgan fingerprint density at radius 3 is 1.80 bits per heavy atom. The zero-order valence-electron chi connectivity index (χ0n) is 2.86. The molecule has 0 atom stereocenters. The summed E-state index contributed by atoms with van der Waals surface area (Å²) >= 11 is 3.92. The monoisotopic (exact) mass is 100 g/mol. The van der Waals surface area contributed by atoms with Crippen molar-refractivity contribution in [1.82, 2.24) is 0 Å². The van der Waals surface area contributed by atoms with E-state index < -0.39 is 0 Å². The molecule has 28 valence electrons. The van der Waals surface area contributed by atoms with E-state index in [1.54, 1.807) is 0 Å². The first-order valence-electron chi connectivity index (χ1n) is 1.52. The Morgan fingerprint density at radius 2 is 1.80 bits per heavy atom. The maximum absolute atomic E-state index is 3.92. The van der Waals surface area contributed by atoms with Crippen molar-refractivity contribution in [3.8, 4) is 0 Å². The molecule has 0 radical (unpaired) electrons. The van der Waals surface area contributed by atoms with Crippen LogP contribution in [0.4, 0.5) is 0 Å². The summed E-state index contributed by atoms with van der Waals surface area (Å²) in [6.07, 6.45) is 1.18. The van der Waals surface area contributed by atoms with Crippen molar-refractivity contribution in [2.45, 2.75) is 13.3 Å². The fraction of sp³-hybridized carbons (Fsp3) is 1.00. The van der Waals surface area contributed by atoms with E-state index >= 15 is 0 Å². The van der Waals surface area contributed by atoms with Crippen molar-refractivity contribution < 1.29 is 0 Å². The number of hydrogen-bond acceptors (Lipinski definition) is 1. The van der Waals surface area contributed by atoms with Gasteiger partial charge in [0.15, 0.2) is 0 Å². The summed E-state index contributed by atoms with van der Waals surface area (Å²) in [6, 6.07) is 0. The standard InChI is InChI=1S/C3H8S.Na.H/c1-2-3-4;;/h4H,2-3H2,1H3;;. The van der Waals surface area contributed by atoms with Crippen molar-refractivity contribution in [1.29, 1.82) is 0 Å². The minimum absolute atomic E-state index is 0. The van der Waals surface area contributed by atoms with Crippen LogP contribution in [-0.4, -0.2) is 35.3 Å². The van der Waals surface area contributed by atoms with Crippen LogP contribution in [0, 0.1) is 0 Å². The average Bonchev–Trinajstić information content (AvgIpc) is 1.37. The first-order valence-corrected chi connectivity index (χ1v) is 2.16. The van der Waals surface area contributed by atoms with Gasteiger partial charge in [-0.25, -0.2) is 0 Å². The van der Waals surface area contributed by atoms with Gasteiger partial charge in [-0.15, -0.1) is 0 Å². The number of hydrogen-bond donors (Lipinski definition) is 1. The summed E-state index contributed by atoms with van der Waals surface area (Å²) in [5, 5.41) is 0. The molecule has 0 heterocycles. The summed E-state index contributed by atoms with van der Waals surface area (Å²) in [4.78, 5) is 0. The molecule has 0 aromatic rings. The molecule has 2 heteroatoms. The van der Waals surface area contributed by atoms with Gasteiger partial charge in [0.1, 0.15) is 0 Å². The third-order valence-corrected chi connectivity index (χ3v) is 0.671. The molecule has 0 aliphatic rings. The van der Waals surface area contributed by atoms with E-state index in [9.17, 15) is 0 Å². The molecule has 0 fully saturated rings. The van der Waals surface area contributed by atoms with E-state index in [0.29, 0.717) is 0 Å². The first-order chi connectivity index (χ1) is 1.91. The summed E-state index contributed by atoms with van der Waals surface area (Å²) in [7, 11) is 0. The second-order valence-corrected chi connectivity index (χ2v) is 1.17. The van der Waals surface area contributed by atoms with Crippen molar-refractivity contribution >= 4 is 42.2 Å². The Bertz CT molecular complexity index is 8.85. The minimum atomic E-state index is 0. The molecule has 0 N–H and O–H groups in total. The van der Waals surface area contributed by atoms with Crippen LogP contribution in [0.2, 0.25) is 0 Å². The molecular formula is C3H9NaS. The van der Waals surface area contributed by atoms with Crippen LogP contribution in [0.25, 0.3) is 0 Å². The Morgan fingerprint density at radius 1 is 1.60 bits per heavy atom. The topological polar surface area (TPSA) is 0 Å². The van der Waals surface area contributed by atoms with Gasteiger partial charge in [0.25, 0.3) is 0 Å². The van der Waals surface area contributed by atoms with Crippen molar-refractivity contribution in [2.75, 3.05) is 5.75 Å². The predicted octanol–water partition coefficient (Wildman–Crippen LogP) is 0.678. The van der Waals surface area contributed by atoms with E-state index in [1.165, 1.54) is 6.42 Å². The van der Waals surface area contributed by atoms with Crippen molar-refractivity contribution in [2.24, 2.45) is 0 Å². The zero-order valence-corrected chi connectivity index (χ0v) is 3.76. The fourth-order valence-electron chi connectivity index (χ4n) is 0. The van der Waals surface area contributed by atoms with Crippen LogP contribution >= 0.6 is 12.6 Å². The summed E-state index contributed by atoms with van der Waals surface area (Å²) in [5.74, 6) is 1.01. The molecule has 0 amide bonds. The van der Waals surface area contributed by atoms with E-state index in [0.717, 1.165) is 5.75 Å². The van der Waals surface area contributed by atoms with Gasteiger partial charge in [0.2, 0.25) is 0 Å². The molecule has 0 spiro atoms. The predicted molar refractivity (Wildman–Crippen MR) is 31.3 cm³/mol. The third kappa shape index (κ3) is 10.9. The van der Waals surface area contributed by atoms with E-state index in [1.807, 2.05) is 0 Å². The van der Waals surface area contributed by atoms with Gasteiger partial charge in [-0.1, -0.05) is 6.92 Å². The molecule has 0 nitrogen and oxygen atoms in total.